The summed E-state index contributed by atoms with van der Waals surface area (Å²) in [5.74, 6) is 0.191. The van der Waals surface area contributed by atoms with Crippen LogP contribution in [0.4, 0.5) is 5.69 Å². The largest absolute Gasteiger partial charge is 0.465 e. The van der Waals surface area contributed by atoms with Gasteiger partial charge < -0.3 is 10.1 Å². The smallest absolute Gasteiger partial charge is 0.350 e. The van der Waals surface area contributed by atoms with E-state index in [1.54, 1.807) is 11.3 Å². The van der Waals surface area contributed by atoms with E-state index in [1.165, 1.54) is 30.4 Å². The van der Waals surface area contributed by atoms with Crippen molar-refractivity contribution < 1.29 is 14.3 Å². The number of thiophene rings is 1. The minimum absolute atomic E-state index is 0.251. The molecule has 1 spiro atoms. The van der Waals surface area contributed by atoms with Gasteiger partial charge in [0, 0.05) is 23.8 Å². The summed E-state index contributed by atoms with van der Waals surface area (Å²) in [5, 5.41) is 3.64. The second kappa shape index (κ2) is 7.78. The number of hydrogen-bond acceptors (Lipinski definition) is 5. The van der Waals surface area contributed by atoms with Gasteiger partial charge in [0.2, 0.25) is 0 Å². The molecule has 2 saturated carbocycles. The molecule has 3 aliphatic rings. The van der Waals surface area contributed by atoms with Crippen LogP contribution in [0.5, 0.6) is 0 Å². The summed E-state index contributed by atoms with van der Waals surface area (Å²) in [6.45, 7) is 0. The summed E-state index contributed by atoms with van der Waals surface area (Å²) in [4.78, 5) is 25.9. The molecule has 0 saturated heterocycles. The van der Waals surface area contributed by atoms with E-state index in [-0.39, 0.29) is 11.4 Å². The summed E-state index contributed by atoms with van der Waals surface area (Å²) >= 11 is 1.56. The lowest BCUT2D eigenvalue weighted by atomic mass is 9.71. The van der Waals surface area contributed by atoms with Gasteiger partial charge in [-0.2, -0.15) is 0 Å². The fourth-order valence-corrected chi connectivity index (χ4v) is 6.09. The molecule has 5 heteroatoms. The number of rotatable bonds is 4. The number of nitrogens with one attached hydrogen (secondary N) is 1. The zero-order chi connectivity index (χ0) is 18.9. The van der Waals surface area contributed by atoms with E-state index in [2.05, 4.69) is 17.5 Å². The van der Waals surface area contributed by atoms with Gasteiger partial charge >= 0.3 is 5.97 Å². The Morgan fingerprint density at radius 3 is 2.67 bits per heavy atom. The van der Waals surface area contributed by atoms with Crippen LogP contribution in [-0.4, -0.2) is 24.9 Å². The van der Waals surface area contributed by atoms with Crippen LogP contribution in [0.15, 0.2) is 12.1 Å². The second-order valence-corrected chi connectivity index (χ2v) is 9.51. The number of ketones is 1. The summed E-state index contributed by atoms with van der Waals surface area (Å²) in [5.41, 5.74) is 2.57. The number of Topliss-reactive ketones (excluding diaryl/α,β-unsaturated/α-hetero) is 1. The molecule has 0 aliphatic heterocycles. The number of methoxy groups -OCH3 is 1. The first-order valence-electron chi connectivity index (χ1n) is 10.3. The van der Waals surface area contributed by atoms with Crippen molar-refractivity contribution in [1.82, 2.24) is 0 Å². The molecule has 4 rings (SSSR count). The fraction of sp³-hybridized carbons (Fsp3) is 0.636. The van der Waals surface area contributed by atoms with Gasteiger partial charge in [-0.1, -0.05) is 6.08 Å². The maximum absolute atomic E-state index is 12.3. The Labute approximate surface area is 165 Å². The van der Waals surface area contributed by atoms with Crippen LogP contribution < -0.4 is 5.32 Å². The van der Waals surface area contributed by atoms with Crippen LogP contribution in [0.25, 0.3) is 5.57 Å². The number of anilines is 1. The Morgan fingerprint density at radius 2 is 2.04 bits per heavy atom. The lowest BCUT2D eigenvalue weighted by Crippen LogP contribution is -2.32. The van der Waals surface area contributed by atoms with Crippen molar-refractivity contribution in [2.45, 2.75) is 76.7 Å². The minimum Gasteiger partial charge on any atom is -0.465 e. The molecule has 146 valence electrons. The molecule has 1 aromatic rings. The predicted octanol–water partition coefficient (Wildman–Crippen LogP) is 5.59. The van der Waals surface area contributed by atoms with Crippen molar-refractivity contribution in [3.63, 3.8) is 0 Å². The SMILES string of the molecule is COC(=O)c1sc(C2=CCCCC2)cc1NC1CCC2(CCC(=O)C2)CC1. The molecule has 1 N–H and O–H groups in total. The lowest BCUT2D eigenvalue weighted by Gasteiger charge is -2.37. The van der Waals surface area contributed by atoms with Crippen LogP contribution in [0.3, 0.4) is 0 Å². The molecule has 0 bridgehead atoms. The average Bonchev–Trinajstić information content (AvgIpc) is 3.28. The summed E-state index contributed by atoms with van der Waals surface area (Å²) in [6, 6.07) is 2.52. The maximum atomic E-state index is 12.3. The van der Waals surface area contributed by atoms with Gasteiger partial charge in [0.15, 0.2) is 0 Å². The van der Waals surface area contributed by atoms with E-state index >= 15 is 0 Å². The molecule has 1 aromatic heterocycles. The molecule has 2 fully saturated rings. The van der Waals surface area contributed by atoms with E-state index in [9.17, 15) is 9.59 Å². The van der Waals surface area contributed by atoms with Crippen molar-refractivity contribution in [1.29, 1.82) is 0 Å². The predicted molar refractivity (Wildman–Crippen MR) is 109 cm³/mol. The van der Waals surface area contributed by atoms with Gasteiger partial charge in [0.1, 0.15) is 10.7 Å². The minimum atomic E-state index is -0.251. The highest BCUT2D eigenvalue weighted by atomic mass is 32.1. The van der Waals surface area contributed by atoms with Gasteiger partial charge in [-0.25, -0.2) is 4.79 Å². The number of esters is 1. The zero-order valence-corrected chi connectivity index (χ0v) is 17.0. The van der Waals surface area contributed by atoms with E-state index in [1.807, 2.05) is 0 Å². The van der Waals surface area contributed by atoms with E-state index in [4.69, 9.17) is 4.74 Å². The topological polar surface area (TPSA) is 55.4 Å². The Bertz CT molecular complexity index is 756. The molecular formula is C22H29NO3S. The molecular weight excluding hydrogens is 358 g/mol. The third-order valence-corrected chi connectivity index (χ3v) is 7.81. The highest BCUT2D eigenvalue weighted by Gasteiger charge is 2.41. The maximum Gasteiger partial charge on any atom is 0.350 e. The van der Waals surface area contributed by atoms with Gasteiger partial charge in [-0.3, -0.25) is 4.79 Å². The van der Waals surface area contributed by atoms with Crippen LogP contribution in [0.2, 0.25) is 0 Å². The normalized spacial score (nSPS) is 28.3. The molecule has 0 aromatic carbocycles. The molecule has 0 atom stereocenters. The zero-order valence-electron chi connectivity index (χ0n) is 16.1. The van der Waals surface area contributed by atoms with Gasteiger partial charge in [-0.05, 0) is 74.8 Å². The lowest BCUT2D eigenvalue weighted by molar-refractivity contribution is -0.118. The van der Waals surface area contributed by atoms with Gasteiger partial charge in [0.05, 0.1) is 12.8 Å². The highest BCUT2D eigenvalue weighted by Crippen LogP contribution is 2.48. The van der Waals surface area contributed by atoms with Crippen LogP contribution >= 0.6 is 11.3 Å². The molecule has 0 amide bonds. The molecule has 3 aliphatic carbocycles. The van der Waals surface area contributed by atoms with Crippen molar-refractivity contribution in [3.05, 3.63) is 21.9 Å². The van der Waals surface area contributed by atoms with Crippen molar-refractivity contribution >= 4 is 34.3 Å². The van der Waals surface area contributed by atoms with E-state index in [0.717, 1.165) is 63.5 Å². The Hall–Kier alpha value is -1.62. The number of allylic oxidation sites excluding steroid dienone is 2. The number of carbonyl (C=O) groups excluding carboxylic acids is 2. The van der Waals surface area contributed by atoms with Crippen molar-refractivity contribution in [2.75, 3.05) is 12.4 Å². The Morgan fingerprint density at radius 1 is 1.22 bits per heavy atom. The monoisotopic (exact) mass is 387 g/mol. The molecule has 27 heavy (non-hydrogen) atoms. The van der Waals surface area contributed by atoms with Crippen LogP contribution in [0, 0.1) is 5.41 Å². The Balaban J connectivity index is 1.48. The van der Waals surface area contributed by atoms with Crippen molar-refractivity contribution in [2.24, 2.45) is 5.41 Å². The first-order chi connectivity index (χ1) is 13.1. The number of carbonyl (C=O) groups is 2. The standard InChI is InChI=1S/C22H29NO3S/c1-26-21(25)20-18(13-19(27-20)15-5-3-2-4-6-15)23-16-7-10-22(11-8-16)12-9-17(24)14-22/h5,13,16,23H,2-4,6-12,14H2,1H3. The molecule has 1 heterocycles. The van der Waals surface area contributed by atoms with Crippen LogP contribution in [-0.2, 0) is 9.53 Å². The summed E-state index contributed by atoms with van der Waals surface area (Å²) in [7, 11) is 1.45. The van der Waals surface area contributed by atoms with Gasteiger partial charge in [0.25, 0.3) is 0 Å². The third-order valence-electron chi connectivity index (χ3n) is 6.62. The van der Waals surface area contributed by atoms with Gasteiger partial charge in [-0.15, -0.1) is 11.3 Å². The first kappa shape index (κ1) is 18.7. The van der Waals surface area contributed by atoms with Crippen LogP contribution in [0.1, 0.15) is 85.2 Å². The fourth-order valence-electron chi connectivity index (χ4n) is 4.98. The number of hydrogen-bond donors (Lipinski definition) is 1. The molecule has 0 radical (unpaired) electrons. The van der Waals surface area contributed by atoms with E-state index < -0.39 is 0 Å². The Kier molecular flexibility index (Phi) is 5.40. The summed E-state index contributed by atoms with van der Waals surface area (Å²) < 4.78 is 5.03. The highest BCUT2D eigenvalue weighted by molar-refractivity contribution is 7.15. The first-order valence-corrected chi connectivity index (χ1v) is 11.1. The quantitative estimate of drug-likeness (QED) is 0.685. The average molecular weight is 388 g/mol. The van der Waals surface area contributed by atoms with Crippen molar-refractivity contribution in [3.8, 4) is 0 Å². The molecule has 0 unspecified atom stereocenters. The second-order valence-electron chi connectivity index (χ2n) is 8.45. The third kappa shape index (κ3) is 3.98. The number of ether oxygens (including phenoxy) is 1. The molecule has 4 nitrogen and oxygen atoms in total. The summed E-state index contributed by atoms with van der Waals surface area (Å²) in [6.07, 6.45) is 14.0. The van der Waals surface area contributed by atoms with E-state index in [0.29, 0.717) is 16.7 Å².